The van der Waals surface area contributed by atoms with Crippen LogP contribution in [0.15, 0.2) is 47.1 Å². The first kappa shape index (κ1) is 15.1. The Morgan fingerprint density at radius 2 is 1.96 bits per heavy atom. The molecule has 23 heavy (non-hydrogen) atoms. The molecule has 1 amide bonds. The Morgan fingerprint density at radius 3 is 2.52 bits per heavy atom. The molecule has 6 nitrogen and oxygen atoms in total. The van der Waals surface area contributed by atoms with Gasteiger partial charge in [-0.3, -0.25) is 4.79 Å². The third-order valence-electron chi connectivity index (χ3n) is 3.70. The first-order valence-electron chi connectivity index (χ1n) is 7.20. The maximum atomic E-state index is 12.1. The van der Waals surface area contributed by atoms with E-state index in [4.69, 9.17) is 9.52 Å². The molecule has 2 heterocycles. The van der Waals surface area contributed by atoms with E-state index in [9.17, 15) is 4.79 Å². The molecule has 0 bridgehead atoms. The molecule has 1 aromatic carbocycles. The Hall–Kier alpha value is -2.86. The van der Waals surface area contributed by atoms with Gasteiger partial charge in [-0.2, -0.15) is 0 Å². The van der Waals surface area contributed by atoms with Crippen LogP contribution in [-0.2, 0) is 6.61 Å². The van der Waals surface area contributed by atoms with Crippen LogP contribution in [0, 0.1) is 13.8 Å². The highest BCUT2D eigenvalue weighted by Crippen LogP contribution is 2.18. The van der Waals surface area contributed by atoms with Crippen LogP contribution in [0.1, 0.15) is 27.7 Å². The lowest BCUT2D eigenvalue weighted by Crippen LogP contribution is -2.10. The van der Waals surface area contributed by atoms with Crippen molar-refractivity contribution < 1.29 is 14.3 Å². The van der Waals surface area contributed by atoms with Crippen LogP contribution in [0.5, 0.6) is 0 Å². The van der Waals surface area contributed by atoms with Gasteiger partial charge in [0.1, 0.15) is 12.4 Å². The number of hydrogen-bond donors (Lipinski definition) is 2. The normalized spacial score (nSPS) is 10.7. The van der Waals surface area contributed by atoms with Gasteiger partial charge in [-0.05, 0) is 50.2 Å². The minimum atomic E-state index is -0.355. The second-order valence-electron chi connectivity index (χ2n) is 5.21. The van der Waals surface area contributed by atoms with Crippen LogP contribution in [0.4, 0.5) is 5.69 Å². The first-order chi connectivity index (χ1) is 11.1. The van der Waals surface area contributed by atoms with E-state index in [-0.39, 0.29) is 18.3 Å². The summed E-state index contributed by atoms with van der Waals surface area (Å²) in [5, 5.41) is 11.7. The molecular formula is C17H17N3O3. The Bertz CT molecular complexity index is 831. The van der Waals surface area contributed by atoms with Crippen molar-refractivity contribution in [2.24, 2.45) is 0 Å². The molecule has 0 aliphatic carbocycles. The highest BCUT2D eigenvalue weighted by molar-refractivity contribution is 6.02. The van der Waals surface area contributed by atoms with Crippen molar-refractivity contribution in [3.05, 3.63) is 65.6 Å². The van der Waals surface area contributed by atoms with Crippen LogP contribution in [0.2, 0.25) is 0 Å². The van der Waals surface area contributed by atoms with E-state index in [0.717, 1.165) is 17.1 Å². The van der Waals surface area contributed by atoms with Gasteiger partial charge in [-0.1, -0.05) is 0 Å². The summed E-state index contributed by atoms with van der Waals surface area (Å²) in [6.45, 7) is 3.74. The van der Waals surface area contributed by atoms with Gasteiger partial charge in [0.05, 0.1) is 12.0 Å². The number of aryl methyl sites for hydroxylation is 1. The predicted octanol–water partition coefficient (Wildman–Crippen LogP) is 2.83. The Morgan fingerprint density at radius 1 is 1.22 bits per heavy atom. The molecule has 3 aromatic rings. The number of carbonyl (C=O) groups excluding carboxylic acids is 1. The molecule has 2 N–H and O–H groups in total. The largest absolute Gasteiger partial charge is 0.453 e. The number of aromatic nitrogens is 2. The van der Waals surface area contributed by atoms with Gasteiger partial charge in [0.15, 0.2) is 5.76 Å². The number of carbonyl (C=O) groups is 1. The van der Waals surface area contributed by atoms with Crippen molar-refractivity contribution in [1.29, 1.82) is 0 Å². The molecule has 0 atom stereocenters. The molecular weight excluding hydrogens is 294 g/mol. The van der Waals surface area contributed by atoms with E-state index in [2.05, 4.69) is 10.3 Å². The fourth-order valence-electron chi connectivity index (χ4n) is 2.24. The second kappa shape index (κ2) is 6.10. The molecule has 0 aliphatic heterocycles. The van der Waals surface area contributed by atoms with Crippen molar-refractivity contribution in [3.8, 4) is 5.69 Å². The molecule has 0 fully saturated rings. The molecule has 0 unspecified atom stereocenters. The number of nitrogens with one attached hydrogen (secondary N) is 1. The summed E-state index contributed by atoms with van der Waals surface area (Å²) >= 11 is 0. The van der Waals surface area contributed by atoms with E-state index in [1.165, 1.54) is 6.07 Å². The van der Waals surface area contributed by atoms with Gasteiger partial charge >= 0.3 is 0 Å². The highest BCUT2D eigenvalue weighted by Gasteiger charge is 2.11. The lowest BCUT2D eigenvalue weighted by Gasteiger charge is -2.08. The van der Waals surface area contributed by atoms with Crippen LogP contribution >= 0.6 is 0 Å². The summed E-state index contributed by atoms with van der Waals surface area (Å²) in [4.78, 5) is 16.3. The predicted molar refractivity (Wildman–Crippen MR) is 85.6 cm³/mol. The number of benzene rings is 1. The van der Waals surface area contributed by atoms with Gasteiger partial charge in [0.25, 0.3) is 5.91 Å². The minimum Gasteiger partial charge on any atom is -0.453 e. The summed E-state index contributed by atoms with van der Waals surface area (Å²) < 4.78 is 7.19. The van der Waals surface area contributed by atoms with Crippen LogP contribution < -0.4 is 5.32 Å². The van der Waals surface area contributed by atoms with E-state index in [1.807, 2.05) is 42.7 Å². The monoisotopic (exact) mass is 311 g/mol. The average Bonchev–Trinajstić information content (AvgIpc) is 3.16. The summed E-state index contributed by atoms with van der Waals surface area (Å²) in [6.07, 6.45) is 1.78. The highest BCUT2D eigenvalue weighted by atomic mass is 16.4. The number of aliphatic hydroxyl groups excluding tert-OH is 1. The van der Waals surface area contributed by atoms with E-state index in [0.29, 0.717) is 11.4 Å². The molecule has 3 rings (SSSR count). The maximum absolute atomic E-state index is 12.1. The minimum absolute atomic E-state index is 0.166. The van der Waals surface area contributed by atoms with Crippen molar-refractivity contribution in [3.63, 3.8) is 0 Å². The van der Waals surface area contributed by atoms with Crippen molar-refractivity contribution >= 4 is 11.6 Å². The quantitative estimate of drug-likeness (QED) is 0.776. The molecule has 118 valence electrons. The number of imidazole rings is 1. The summed E-state index contributed by atoms with van der Waals surface area (Å²) in [7, 11) is 0. The number of hydrogen-bond acceptors (Lipinski definition) is 4. The fraction of sp³-hybridized carbons (Fsp3) is 0.176. The molecule has 6 heteroatoms. The molecule has 2 aromatic heterocycles. The number of nitrogens with zero attached hydrogens (tertiary/aromatic N) is 2. The van der Waals surface area contributed by atoms with E-state index >= 15 is 0 Å². The van der Waals surface area contributed by atoms with Gasteiger partial charge in [-0.15, -0.1) is 0 Å². The summed E-state index contributed by atoms with van der Waals surface area (Å²) in [6, 6.07) is 10.6. The maximum Gasteiger partial charge on any atom is 0.291 e. The average molecular weight is 311 g/mol. The molecule has 0 aliphatic rings. The van der Waals surface area contributed by atoms with Gasteiger partial charge in [0.2, 0.25) is 0 Å². The number of amides is 1. The van der Waals surface area contributed by atoms with Crippen molar-refractivity contribution in [1.82, 2.24) is 9.55 Å². The van der Waals surface area contributed by atoms with Gasteiger partial charge in [0, 0.05) is 17.1 Å². The smallest absolute Gasteiger partial charge is 0.291 e. The first-order valence-corrected chi connectivity index (χ1v) is 7.20. The standard InChI is InChI=1S/C17H17N3O3/c1-11-12(2)20(10-18-11)14-5-3-13(4-6-14)19-17(22)16-8-7-15(9-21)23-16/h3-8,10,21H,9H2,1-2H3,(H,19,22). The van der Waals surface area contributed by atoms with Gasteiger partial charge in [-0.25, -0.2) is 4.98 Å². The Balaban J connectivity index is 1.74. The Kier molecular flexibility index (Phi) is 3.99. The SMILES string of the molecule is Cc1ncn(-c2ccc(NC(=O)c3ccc(CO)o3)cc2)c1C. The summed E-state index contributed by atoms with van der Waals surface area (Å²) in [5.74, 6) is 0.169. The van der Waals surface area contributed by atoms with Crippen LogP contribution in [0.25, 0.3) is 5.69 Å². The summed E-state index contributed by atoms with van der Waals surface area (Å²) in [5.41, 5.74) is 3.70. The number of furan rings is 1. The lowest BCUT2D eigenvalue weighted by atomic mass is 10.2. The third-order valence-corrected chi connectivity index (χ3v) is 3.70. The molecule has 0 saturated heterocycles. The van der Waals surface area contributed by atoms with Crippen molar-refractivity contribution in [2.75, 3.05) is 5.32 Å². The van der Waals surface area contributed by atoms with Gasteiger partial charge < -0.3 is 19.4 Å². The van der Waals surface area contributed by atoms with Crippen LogP contribution in [0.3, 0.4) is 0 Å². The molecule has 0 radical (unpaired) electrons. The molecule has 0 saturated carbocycles. The fourth-order valence-corrected chi connectivity index (χ4v) is 2.24. The molecule has 0 spiro atoms. The number of anilines is 1. The zero-order valence-corrected chi connectivity index (χ0v) is 12.9. The van der Waals surface area contributed by atoms with Crippen molar-refractivity contribution in [2.45, 2.75) is 20.5 Å². The number of aliphatic hydroxyl groups is 1. The zero-order valence-electron chi connectivity index (χ0n) is 12.9. The second-order valence-corrected chi connectivity index (χ2v) is 5.21. The van der Waals surface area contributed by atoms with E-state index < -0.39 is 0 Å². The van der Waals surface area contributed by atoms with Crippen LogP contribution in [-0.4, -0.2) is 20.6 Å². The topological polar surface area (TPSA) is 80.3 Å². The lowest BCUT2D eigenvalue weighted by molar-refractivity contribution is 0.0992. The number of rotatable bonds is 4. The zero-order chi connectivity index (χ0) is 16.4. The van der Waals surface area contributed by atoms with E-state index in [1.54, 1.807) is 12.4 Å². The third kappa shape index (κ3) is 3.02. The Labute approximate surface area is 133 Å².